The van der Waals surface area contributed by atoms with Gasteiger partial charge in [-0.3, -0.25) is 9.79 Å². The highest BCUT2D eigenvalue weighted by molar-refractivity contribution is 14.0. The number of guanidine groups is 1. The van der Waals surface area contributed by atoms with E-state index in [1.54, 1.807) is 21.3 Å². The summed E-state index contributed by atoms with van der Waals surface area (Å²) in [5.41, 5.74) is 0.651. The van der Waals surface area contributed by atoms with E-state index in [-0.39, 0.29) is 42.0 Å². The van der Waals surface area contributed by atoms with Crippen LogP contribution in [0, 0.1) is 0 Å². The number of carbonyl (C=O) groups is 1. The van der Waals surface area contributed by atoms with Crippen molar-refractivity contribution >= 4 is 35.8 Å². The molecule has 0 fully saturated rings. The third-order valence-corrected chi connectivity index (χ3v) is 4.03. The second-order valence-electron chi connectivity index (χ2n) is 7.65. The number of nitrogens with zero attached hydrogens (tertiary/aromatic N) is 2. The number of hydrogen-bond donors (Lipinski definition) is 2. The fraction of sp³-hybridized carbons (Fsp3) is 0.619. The summed E-state index contributed by atoms with van der Waals surface area (Å²) in [6.45, 7) is 9.30. The molecule has 2 N–H and O–H groups in total. The SMILES string of the molecule is CCNC(=NCCc1c(OC)cc(OC)cc1OC)N(C)CC(=O)NC(C)(C)C.I. The predicted octanol–water partition coefficient (Wildman–Crippen LogP) is 2.68. The van der Waals surface area contributed by atoms with Crippen LogP contribution in [-0.4, -0.2) is 70.3 Å². The topological polar surface area (TPSA) is 84.4 Å². The number of amides is 1. The molecule has 1 rings (SSSR count). The molecule has 0 heterocycles. The Morgan fingerprint density at radius 2 is 1.67 bits per heavy atom. The van der Waals surface area contributed by atoms with E-state index in [4.69, 9.17) is 14.2 Å². The van der Waals surface area contributed by atoms with Gasteiger partial charge in [-0.05, 0) is 34.1 Å². The predicted molar refractivity (Wildman–Crippen MR) is 132 cm³/mol. The number of carbonyl (C=O) groups excluding carboxylic acids is 1. The minimum atomic E-state index is -0.269. The zero-order chi connectivity index (χ0) is 22.0. The number of hydrogen-bond acceptors (Lipinski definition) is 5. The summed E-state index contributed by atoms with van der Waals surface area (Å²) in [4.78, 5) is 18.7. The van der Waals surface area contributed by atoms with Crippen LogP contribution in [0.5, 0.6) is 17.2 Å². The van der Waals surface area contributed by atoms with E-state index in [1.165, 1.54) is 0 Å². The number of benzene rings is 1. The second kappa shape index (κ2) is 13.4. The Balaban J connectivity index is 0.00000841. The van der Waals surface area contributed by atoms with Crippen molar-refractivity contribution in [3.8, 4) is 17.2 Å². The maximum absolute atomic E-state index is 12.2. The number of halogens is 1. The molecule has 1 amide bonds. The summed E-state index contributed by atoms with van der Waals surface area (Å²) in [5.74, 6) is 2.68. The first kappa shape index (κ1) is 28.1. The average Bonchev–Trinajstić information content (AvgIpc) is 2.65. The van der Waals surface area contributed by atoms with E-state index >= 15 is 0 Å². The Bertz CT molecular complexity index is 680. The molecule has 0 saturated heterocycles. The summed E-state index contributed by atoms with van der Waals surface area (Å²) in [6.07, 6.45) is 0.618. The van der Waals surface area contributed by atoms with E-state index < -0.39 is 0 Å². The van der Waals surface area contributed by atoms with Crippen LogP contribution in [-0.2, 0) is 11.2 Å². The van der Waals surface area contributed by atoms with Gasteiger partial charge in [-0.15, -0.1) is 24.0 Å². The van der Waals surface area contributed by atoms with Crippen LogP contribution in [0.4, 0.5) is 0 Å². The average molecular weight is 536 g/mol. The van der Waals surface area contributed by atoms with Gasteiger partial charge in [0.05, 0.1) is 27.9 Å². The van der Waals surface area contributed by atoms with Crippen molar-refractivity contribution in [3.63, 3.8) is 0 Å². The van der Waals surface area contributed by atoms with Gasteiger partial charge in [0.25, 0.3) is 0 Å². The Hall–Kier alpha value is -1.91. The van der Waals surface area contributed by atoms with Crippen molar-refractivity contribution in [2.45, 2.75) is 39.7 Å². The first-order chi connectivity index (χ1) is 13.6. The van der Waals surface area contributed by atoms with Gasteiger partial charge < -0.3 is 29.7 Å². The zero-order valence-electron chi connectivity index (χ0n) is 19.4. The molecule has 8 nitrogen and oxygen atoms in total. The highest BCUT2D eigenvalue weighted by Gasteiger charge is 2.17. The van der Waals surface area contributed by atoms with E-state index in [0.29, 0.717) is 42.7 Å². The van der Waals surface area contributed by atoms with Crippen LogP contribution in [0.2, 0.25) is 0 Å². The molecule has 0 aliphatic heterocycles. The van der Waals surface area contributed by atoms with Gasteiger partial charge in [0.1, 0.15) is 17.2 Å². The Morgan fingerprint density at radius 1 is 1.10 bits per heavy atom. The van der Waals surface area contributed by atoms with Crippen LogP contribution in [0.15, 0.2) is 17.1 Å². The molecule has 0 aliphatic carbocycles. The molecule has 0 saturated carbocycles. The van der Waals surface area contributed by atoms with Gasteiger partial charge in [0, 0.05) is 43.4 Å². The third-order valence-electron chi connectivity index (χ3n) is 4.03. The molecule has 172 valence electrons. The van der Waals surface area contributed by atoms with Gasteiger partial charge >= 0.3 is 0 Å². The first-order valence-electron chi connectivity index (χ1n) is 9.74. The van der Waals surface area contributed by atoms with Crippen LogP contribution >= 0.6 is 24.0 Å². The van der Waals surface area contributed by atoms with Crippen molar-refractivity contribution in [2.75, 3.05) is 48.0 Å². The van der Waals surface area contributed by atoms with Crippen LogP contribution in [0.1, 0.15) is 33.3 Å². The Labute approximate surface area is 197 Å². The summed E-state index contributed by atoms with van der Waals surface area (Å²) in [7, 11) is 6.68. The van der Waals surface area contributed by atoms with Gasteiger partial charge in [-0.1, -0.05) is 0 Å². The van der Waals surface area contributed by atoms with E-state index in [9.17, 15) is 4.79 Å². The van der Waals surface area contributed by atoms with E-state index in [2.05, 4.69) is 15.6 Å². The van der Waals surface area contributed by atoms with Crippen molar-refractivity contribution in [1.82, 2.24) is 15.5 Å². The van der Waals surface area contributed by atoms with Crippen molar-refractivity contribution in [1.29, 1.82) is 0 Å². The minimum absolute atomic E-state index is 0. The molecular weight excluding hydrogens is 499 g/mol. The van der Waals surface area contributed by atoms with Crippen LogP contribution < -0.4 is 24.8 Å². The molecule has 9 heteroatoms. The fourth-order valence-electron chi connectivity index (χ4n) is 2.82. The van der Waals surface area contributed by atoms with Gasteiger partial charge in [0.2, 0.25) is 5.91 Å². The monoisotopic (exact) mass is 536 g/mol. The zero-order valence-corrected chi connectivity index (χ0v) is 21.7. The largest absolute Gasteiger partial charge is 0.496 e. The molecule has 0 radical (unpaired) electrons. The molecular formula is C21H37IN4O4. The van der Waals surface area contributed by atoms with Gasteiger partial charge in [-0.25, -0.2) is 0 Å². The highest BCUT2D eigenvalue weighted by atomic mass is 127. The maximum atomic E-state index is 12.2. The smallest absolute Gasteiger partial charge is 0.240 e. The lowest BCUT2D eigenvalue weighted by Crippen LogP contribution is -2.48. The number of aliphatic imine (C=N–C) groups is 1. The number of methoxy groups -OCH3 is 3. The molecule has 1 aromatic carbocycles. The minimum Gasteiger partial charge on any atom is -0.496 e. The number of rotatable bonds is 9. The van der Waals surface area contributed by atoms with Crippen molar-refractivity contribution < 1.29 is 19.0 Å². The van der Waals surface area contributed by atoms with Crippen molar-refractivity contribution in [3.05, 3.63) is 17.7 Å². The molecule has 30 heavy (non-hydrogen) atoms. The second-order valence-corrected chi connectivity index (χ2v) is 7.65. The first-order valence-corrected chi connectivity index (χ1v) is 9.74. The van der Waals surface area contributed by atoms with Crippen molar-refractivity contribution in [2.24, 2.45) is 4.99 Å². The Morgan fingerprint density at radius 3 is 2.10 bits per heavy atom. The van der Waals surface area contributed by atoms with Crippen LogP contribution in [0.25, 0.3) is 0 Å². The van der Waals surface area contributed by atoms with Crippen LogP contribution in [0.3, 0.4) is 0 Å². The molecule has 0 unspecified atom stereocenters. The normalized spacial score (nSPS) is 11.3. The summed E-state index contributed by atoms with van der Waals surface area (Å²) < 4.78 is 16.3. The molecule has 0 aliphatic rings. The molecule has 0 aromatic heterocycles. The van der Waals surface area contributed by atoms with Gasteiger partial charge in [0.15, 0.2) is 5.96 Å². The molecule has 1 aromatic rings. The molecule has 0 bridgehead atoms. The highest BCUT2D eigenvalue weighted by Crippen LogP contribution is 2.34. The Kier molecular flexibility index (Phi) is 12.6. The fourth-order valence-corrected chi connectivity index (χ4v) is 2.82. The molecule has 0 atom stereocenters. The van der Waals surface area contributed by atoms with E-state index in [0.717, 1.165) is 5.56 Å². The number of nitrogens with one attached hydrogen (secondary N) is 2. The summed E-state index contributed by atoms with van der Waals surface area (Å²) >= 11 is 0. The maximum Gasteiger partial charge on any atom is 0.240 e. The third kappa shape index (κ3) is 9.27. The number of ether oxygens (including phenoxy) is 3. The molecule has 0 spiro atoms. The summed E-state index contributed by atoms with van der Waals surface area (Å²) in [6, 6.07) is 3.66. The number of likely N-dealkylation sites (N-methyl/N-ethyl adjacent to an activating group) is 1. The lowest BCUT2D eigenvalue weighted by atomic mass is 10.1. The quantitative estimate of drug-likeness (QED) is 0.287. The van der Waals surface area contributed by atoms with E-state index in [1.807, 2.05) is 51.8 Å². The van der Waals surface area contributed by atoms with Gasteiger partial charge in [-0.2, -0.15) is 0 Å². The lowest BCUT2D eigenvalue weighted by Gasteiger charge is -2.25. The lowest BCUT2D eigenvalue weighted by molar-refractivity contribution is -0.122. The standard InChI is InChI=1S/C21H36N4O4.HI/c1-9-22-20(25(5)14-19(26)24-21(2,3)4)23-11-10-16-17(28-7)12-15(27-6)13-18(16)29-8;/h12-13H,9-11,14H2,1-8H3,(H,22,23)(H,24,26);1H. The summed E-state index contributed by atoms with van der Waals surface area (Å²) in [5, 5.41) is 6.19.